The molecule has 0 saturated carbocycles. The summed E-state index contributed by atoms with van der Waals surface area (Å²) < 4.78 is 5.39. The highest BCUT2D eigenvalue weighted by atomic mass is 35.5. The second-order valence-electron chi connectivity index (χ2n) is 5.18. The molecule has 2 aliphatic rings. The molecule has 1 saturated heterocycles. The van der Waals surface area contributed by atoms with E-state index in [1.54, 1.807) is 0 Å². The van der Waals surface area contributed by atoms with E-state index in [1.807, 2.05) is 18.9 Å². The molecule has 19 heavy (non-hydrogen) atoms. The van der Waals surface area contributed by atoms with Gasteiger partial charge in [-0.05, 0) is 18.5 Å². The number of ketones is 1. The minimum Gasteiger partial charge on any atom is -0.381 e. The first-order valence-electron chi connectivity index (χ1n) is 6.42. The van der Waals surface area contributed by atoms with Crippen LogP contribution < -0.4 is 4.90 Å². The molecule has 1 spiro atoms. The number of likely N-dealkylation sites (N-methyl/N-ethyl adjacent to an activating group) is 1. The highest BCUT2D eigenvalue weighted by Gasteiger charge is 2.47. The van der Waals surface area contributed by atoms with Crippen LogP contribution in [0.5, 0.6) is 0 Å². The molecular weight excluding hydrogens is 266 g/mol. The van der Waals surface area contributed by atoms with Crippen molar-refractivity contribution in [1.29, 1.82) is 0 Å². The number of carbonyl (C=O) groups is 1. The van der Waals surface area contributed by atoms with Gasteiger partial charge < -0.3 is 9.64 Å². The number of anilines is 1. The van der Waals surface area contributed by atoms with E-state index in [2.05, 4.69) is 9.97 Å². The summed E-state index contributed by atoms with van der Waals surface area (Å²) in [6.07, 6.45) is 1.81. The Morgan fingerprint density at radius 2 is 2.00 bits per heavy atom. The minimum atomic E-state index is -0.477. The van der Waals surface area contributed by atoms with E-state index in [0.717, 1.165) is 17.1 Å². The Labute approximate surface area is 116 Å². The van der Waals surface area contributed by atoms with Crippen molar-refractivity contribution in [2.24, 2.45) is 0 Å². The molecule has 2 aliphatic heterocycles. The molecular formula is C13H16ClN3O2. The third-order valence-corrected chi connectivity index (χ3v) is 4.47. The summed E-state index contributed by atoms with van der Waals surface area (Å²) in [6.45, 7) is 3.10. The second kappa shape index (κ2) is 4.42. The fraction of sp³-hybridized carbons (Fsp3) is 0.615. The van der Waals surface area contributed by atoms with E-state index in [9.17, 15) is 4.79 Å². The number of halogens is 1. The molecule has 1 aromatic heterocycles. The molecule has 0 bridgehead atoms. The monoisotopic (exact) mass is 281 g/mol. The zero-order valence-corrected chi connectivity index (χ0v) is 11.8. The molecule has 6 heteroatoms. The van der Waals surface area contributed by atoms with Gasteiger partial charge in [0.05, 0.1) is 0 Å². The van der Waals surface area contributed by atoms with Gasteiger partial charge in [-0.25, -0.2) is 9.97 Å². The van der Waals surface area contributed by atoms with Crippen molar-refractivity contribution in [2.75, 3.05) is 25.2 Å². The van der Waals surface area contributed by atoms with Crippen LogP contribution in [0.4, 0.5) is 5.82 Å². The van der Waals surface area contributed by atoms with Crippen LogP contribution in [-0.2, 0) is 16.0 Å². The predicted octanol–water partition coefficient (Wildman–Crippen LogP) is 1.55. The van der Waals surface area contributed by atoms with Crippen molar-refractivity contribution < 1.29 is 9.53 Å². The summed E-state index contributed by atoms with van der Waals surface area (Å²) in [7, 11) is 1.92. The Hall–Kier alpha value is -1.20. The Morgan fingerprint density at radius 1 is 1.32 bits per heavy atom. The summed E-state index contributed by atoms with van der Waals surface area (Å²) in [4.78, 5) is 23.0. The van der Waals surface area contributed by atoms with Crippen molar-refractivity contribution in [3.05, 3.63) is 16.5 Å². The standard InChI is InChI=1S/C13H16ClN3O2/c1-8-9-7-10(18)13(3-5-19-6-4-13)17(2)11(9)16-12(14)15-8/h3-7H2,1-2H3. The smallest absolute Gasteiger partial charge is 0.224 e. The molecule has 3 rings (SSSR count). The van der Waals surface area contributed by atoms with Gasteiger partial charge in [0.15, 0.2) is 5.78 Å². The summed E-state index contributed by atoms with van der Waals surface area (Å²) >= 11 is 5.95. The summed E-state index contributed by atoms with van der Waals surface area (Å²) in [6, 6.07) is 0. The maximum Gasteiger partial charge on any atom is 0.224 e. The summed E-state index contributed by atoms with van der Waals surface area (Å²) in [5.41, 5.74) is 1.21. The lowest BCUT2D eigenvalue weighted by Gasteiger charge is -2.47. The number of ether oxygens (including phenoxy) is 1. The third-order valence-electron chi connectivity index (χ3n) is 4.30. The highest BCUT2D eigenvalue weighted by Crippen LogP contribution is 2.39. The molecule has 0 aliphatic carbocycles. The van der Waals surface area contributed by atoms with Crippen LogP contribution in [-0.4, -0.2) is 41.6 Å². The van der Waals surface area contributed by atoms with Crippen molar-refractivity contribution in [2.45, 2.75) is 31.7 Å². The third kappa shape index (κ3) is 1.83. The van der Waals surface area contributed by atoms with Crippen LogP contribution in [0.25, 0.3) is 0 Å². The summed E-state index contributed by atoms with van der Waals surface area (Å²) in [5.74, 6) is 1.03. The average Bonchev–Trinajstić information content (AvgIpc) is 2.39. The van der Waals surface area contributed by atoms with Crippen LogP contribution in [0.1, 0.15) is 24.1 Å². The number of aromatic nitrogens is 2. The Balaban J connectivity index is 2.11. The van der Waals surface area contributed by atoms with Gasteiger partial charge in [0.1, 0.15) is 11.4 Å². The fourth-order valence-corrected chi connectivity index (χ4v) is 3.28. The topological polar surface area (TPSA) is 55.3 Å². The summed E-state index contributed by atoms with van der Waals surface area (Å²) in [5, 5.41) is 0.236. The van der Waals surface area contributed by atoms with Crippen LogP contribution in [0.3, 0.4) is 0 Å². The van der Waals surface area contributed by atoms with E-state index in [4.69, 9.17) is 16.3 Å². The van der Waals surface area contributed by atoms with Gasteiger partial charge in [0, 0.05) is 50.8 Å². The molecule has 0 N–H and O–H groups in total. The van der Waals surface area contributed by atoms with Crippen molar-refractivity contribution in [1.82, 2.24) is 9.97 Å². The average molecular weight is 282 g/mol. The number of aryl methyl sites for hydroxylation is 1. The quantitative estimate of drug-likeness (QED) is 0.676. The van der Waals surface area contributed by atoms with Gasteiger partial charge in [0.2, 0.25) is 5.28 Å². The number of fused-ring (bicyclic) bond motifs is 1. The fourth-order valence-electron chi connectivity index (χ4n) is 3.07. The molecule has 1 aromatic rings. The van der Waals surface area contributed by atoms with E-state index in [0.29, 0.717) is 32.5 Å². The van der Waals surface area contributed by atoms with Gasteiger partial charge in [-0.2, -0.15) is 0 Å². The maximum atomic E-state index is 12.6. The van der Waals surface area contributed by atoms with E-state index >= 15 is 0 Å². The molecule has 0 aromatic carbocycles. The van der Waals surface area contributed by atoms with Gasteiger partial charge >= 0.3 is 0 Å². The Kier molecular flexibility index (Phi) is 2.98. The van der Waals surface area contributed by atoms with Crippen LogP contribution in [0.2, 0.25) is 5.28 Å². The van der Waals surface area contributed by atoms with E-state index < -0.39 is 5.54 Å². The normalized spacial score (nSPS) is 21.6. The molecule has 0 atom stereocenters. The number of hydrogen-bond acceptors (Lipinski definition) is 5. The first-order valence-corrected chi connectivity index (χ1v) is 6.80. The Bertz CT molecular complexity index is 541. The van der Waals surface area contributed by atoms with E-state index in [1.165, 1.54) is 0 Å². The molecule has 102 valence electrons. The van der Waals surface area contributed by atoms with Gasteiger partial charge in [0.25, 0.3) is 0 Å². The van der Waals surface area contributed by atoms with Gasteiger partial charge in [-0.15, -0.1) is 0 Å². The second-order valence-corrected chi connectivity index (χ2v) is 5.52. The van der Waals surface area contributed by atoms with Crippen molar-refractivity contribution in [3.63, 3.8) is 0 Å². The lowest BCUT2D eigenvalue weighted by atomic mass is 9.78. The molecule has 0 radical (unpaired) electrons. The van der Waals surface area contributed by atoms with Crippen molar-refractivity contribution >= 4 is 23.2 Å². The Morgan fingerprint density at radius 3 is 2.68 bits per heavy atom. The molecule has 0 unspecified atom stereocenters. The van der Waals surface area contributed by atoms with Crippen molar-refractivity contribution in [3.8, 4) is 0 Å². The zero-order valence-electron chi connectivity index (χ0n) is 11.1. The largest absolute Gasteiger partial charge is 0.381 e. The zero-order chi connectivity index (χ0) is 13.6. The molecule has 0 amide bonds. The maximum absolute atomic E-state index is 12.6. The van der Waals surface area contributed by atoms with E-state index in [-0.39, 0.29) is 11.1 Å². The lowest BCUT2D eigenvalue weighted by Crippen LogP contribution is -2.59. The number of hydrogen-bond donors (Lipinski definition) is 0. The predicted molar refractivity (Wildman–Crippen MR) is 71.7 cm³/mol. The van der Waals surface area contributed by atoms with Crippen LogP contribution >= 0.6 is 11.6 Å². The number of nitrogens with zero attached hydrogens (tertiary/aromatic N) is 3. The lowest BCUT2D eigenvalue weighted by molar-refractivity contribution is -0.127. The highest BCUT2D eigenvalue weighted by molar-refractivity contribution is 6.28. The number of rotatable bonds is 0. The van der Waals surface area contributed by atoms with Gasteiger partial charge in [-0.1, -0.05) is 0 Å². The molecule has 3 heterocycles. The minimum absolute atomic E-state index is 0.236. The number of Topliss-reactive ketones (excluding diaryl/α,β-unsaturated/α-hetero) is 1. The van der Waals surface area contributed by atoms with Crippen LogP contribution in [0.15, 0.2) is 0 Å². The molecule has 5 nitrogen and oxygen atoms in total. The number of carbonyl (C=O) groups excluding carboxylic acids is 1. The van der Waals surface area contributed by atoms with Gasteiger partial charge in [-0.3, -0.25) is 4.79 Å². The first kappa shape index (κ1) is 12.8. The van der Waals surface area contributed by atoms with Crippen LogP contribution in [0, 0.1) is 6.92 Å². The SMILES string of the molecule is Cc1nc(Cl)nc2c1CC(=O)C1(CCOCC1)N2C. The molecule has 1 fully saturated rings. The first-order chi connectivity index (χ1) is 9.04.